The summed E-state index contributed by atoms with van der Waals surface area (Å²) in [5.41, 5.74) is 5.10. The quantitative estimate of drug-likeness (QED) is 0.641. The number of hydrogen-bond donors (Lipinski definition) is 1. The number of rotatable bonds is 3. The average molecular weight is 432 g/mol. The summed E-state index contributed by atoms with van der Waals surface area (Å²) in [7, 11) is 0. The van der Waals surface area contributed by atoms with Gasteiger partial charge in [-0.2, -0.15) is 0 Å². The minimum atomic E-state index is -1.46. The highest BCUT2D eigenvalue weighted by molar-refractivity contribution is 6.31. The largest absolute Gasteiger partial charge is 0.432 e. The second-order valence-corrected chi connectivity index (χ2v) is 6.70. The van der Waals surface area contributed by atoms with Gasteiger partial charge in [0.25, 0.3) is 12.1 Å². The second kappa shape index (κ2) is 7.30. The molecular weight excluding hydrogens is 420 g/mol. The normalized spacial score (nSPS) is 14.9. The van der Waals surface area contributed by atoms with Gasteiger partial charge < -0.3 is 10.5 Å². The van der Waals surface area contributed by atoms with Gasteiger partial charge >= 0.3 is 5.97 Å². The summed E-state index contributed by atoms with van der Waals surface area (Å²) in [4.78, 5) is 31.5. The molecule has 0 radical (unpaired) electrons. The Morgan fingerprint density at radius 3 is 2.53 bits per heavy atom. The highest BCUT2D eigenvalue weighted by Gasteiger charge is 2.32. The van der Waals surface area contributed by atoms with Crippen LogP contribution in [0.15, 0.2) is 41.4 Å². The number of ether oxygens (including phenoxy) is 1. The molecule has 0 spiro atoms. The zero-order chi connectivity index (χ0) is 21.6. The van der Waals surface area contributed by atoms with Crippen molar-refractivity contribution in [1.82, 2.24) is 14.8 Å². The number of primary amides is 1. The molecule has 1 aliphatic heterocycles. The number of nitrogens with two attached hydrogens (primary N) is 1. The lowest BCUT2D eigenvalue weighted by molar-refractivity contribution is -0.146. The van der Waals surface area contributed by atoms with Crippen LogP contribution in [0.25, 0.3) is 5.69 Å². The topological polar surface area (TPSA) is 112 Å². The number of aliphatic imine (C=N–C) groups is 1. The van der Waals surface area contributed by atoms with Crippen molar-refractivity contribution in [2.24, 2.45) is 10.7 Å². The molecule has 2 N–H and O–H groups in total. The van der Waals surface area contributed by atoms with E-state index in [1.54, 1.807) is 0 Å². The molecule has 0 bridgehead atoms. The number of hydrogen-bond acceptors (Lipinski definition) is 6. The van der Waals surface area contributed by atoms with Crippen LogP contribution in [0, 0.1) is 11.6 Å². The van der Waals surface area contributed by atoms with Crippen molar-refractivity contribution in [1.29, 1.82) is 0 Å². The average Bonchev–Trinajstić information content (AvgIpc) is 3.07. The maximum Gasteiger partial charge on any atom is 0.304 e. The molecular formula is C19H12ClF2N5O3. The molecule has 1 aromatic heterocycles. The number of aromatic nitrogens is 3. The van der Waals surface area contributed by atoms with Crippen LogP contribution in [0.1, 0.15) is 40.7 Å². The number of amides is 1. The smallest absolute Gasteiger partial charge is 0.304 e. The summed E-state index contributed by atoms with van der Waals surface area (Å²) < 4.78 is 35.6. The summed E-state index contributed by atoms with van der Waals surface area (Å²) in [5, 5.41) is 4.30. The Labute approximate surface area is 172 Å². The molecule has 1 amide bonds. The standard InChI is InChI=1S/C19H12ClF2N5O3/c1-8(28)30-19-18-25-17(16(23)29)26-27(18)13-6-5-9(20)7-10(13)15(24-19)14-11(21)3-2-4-12(14)22/h2-7,19H,1H3,(H2,23,29). The molecule has 0 saturated heterocycles. The molecule has 30 heavy (non-hydrogen) atoms. The number of esters is 1. The van der Waals surface area contributed by atoms with Crippen LogP contribution < -0.4 is 5.73 Å². The van der Waals surface area contributed by atoms with E-state index in [-0.39, 0.29) is 33.6 Å². The van der Waals surface area contributed by atoms with E-state index in [0.717, 1.165) is 19.1 Å². The van der Waals surface area contributed by atoms with Crippen LogP contribution in [0.5, 0.6) is 0 Å². The van der Waals surface area contributed by atoms with E-state index in [4.69, 9.17) is 22.1 Å². The Morgan fingerprint density at radius 1 is 1.20 bits per heavy atom. The molecule has 8 nitrogen and oxygen atoms in total. The number of benzene rings is 2. The third kappa shape index (κ3) is 3.30. The van der Waals surface area contributed by atoms with Gasteiger partial charge in [0.2, 0.25) is 5.82 Å². The van der Waals surface area contributed by atoms with Crippen molar-refractivity contribution in [2.45, 2.75) is 13.2 Å². The van der Waals surface area contributed by atoms with Gasteiger partial charge in [-0.15, -0.1) is 5.10 Å². The fraction of sp³-hybridized carbons (Fsp3) is 0.105. The van der Waals surface area contributed by atoms with E-state index in [9.17, 15) is 18.4 Å². The summed E-state index contributed by atoms with van der Waals surface area (Å²) in [6.45, 7) is 1.13. The van der Waals surface area contributed by atoms with Gasteiger partial charge in [0, 0.05) is 17.5 Å². The first-order chi connectivity index (χ1) is 14.3. The Kier molecular flexibility index (Phi) is 4.78. The predicted molar refractivity (Wildman–Crippen MR) is 101 cm³/mol. The first kappa shape index (κ1) is 19.6. The zero-order valence-corrected chi connectivity index (χ0v) is 16.0. The Balaban J connectivity index is 2.08. The fourth-order valence-electron chi connectivity index (χ4n) is 3.05. The van der Waals surface area contributed by atoms with Crippen LogP contribution in [0.4, 0.5) is 8.78 Å². The van der Waals surface area contributed by atoms with Gasteiger partial charge in [0.05, 0.1) is 17.0 Å². The second-order valence-electron chi connectivity index (χ2n) is 6.27. The van der Waals surface area contributed by atoms with E-state index in [1.807, 2.05) is 0 Å². The molecule has 4 rings (SSSR count). The van der Waals surface area contributed by atoms with Crippen molar-refractivity contribution in [3.8, 4) is 5.69 Å². The van der Waals surface area contributed by atoms with Crippen LogP contribution in [0.3, 0.4) is 0 Å². The van der Waals surface area contributed by atoms with Gasteiger partial charge in [0.15, 0.2) is 5.82 Å². The molecule has 2 aromatic carbocycles. The predicted octanol–water partition coefficient (Wildman–Crippen LogP) is 2.71. The molecule has 0 saturated carbocycles. The SMILES string of the molecule is CC(=O)OC1N=C(c2c(F)cccc2F)c2cc(Cl)ccc2-n2nc(C(N)=O)nc21. The number of halogens is 3. The molecule has 1 unspecified atom stereocenters. The Bertz CT molecular complexity index is 1220. The van der Waals surface area contributed by atoms with Gasteiger partial charge in [-0.25, -0.2) is 23.4 Å². The molecule has 1 atom stereocenters. The van der Waals surface area contributed by atoms with Gasteiger partial charge in [0.1, 0.15) is 11.6 Å². The number of nitrogens with zero attached hydrogens (tertiary/aromatic N) is 4. The van der Waals surface area contributed by atoms with Crippen molar-refractivity contribution in [3.05, 3.63) is 75.8 Å². The van der Waals surface area contributed by atoms with E-state index in [1.165, 1.54) is 28.9 Å². The minimum absolute atomic E-state index is 0.0747. The van der Waals surface area contributed by atoms with E-state index in [0.29, 0.717) is 0 Å². The molecule has 2 heterocycles. The van der Waals surface area contributed by atoms with E-state index >= 15 is 0 Å². The summed E-state index contributed by atoms with van der Waals surface area (Å²) in [6, 6.07) is 7.78. The summed E-state index contributed by atoms with van der Waals surface area (Å²) in [5.74, 6) is -3.85. The fourth-order valence-corrected chi connectivity index (χ4v) is 3.22. The van der Waals surface area contributed by atoms with Gasteiger partial charge in [-0.1, -0.05) is 17.7 Å². The first-order valence-electron chi connectivity index (χ1n) is 8.52. The Morgan fingerprint density at radius 2 is 1.90 bits per heavy atom. The molecule has 152 valence electrons. The van der Waals surface area contributed by atoms with E-state index in [2.05, 4.69) is 15.1 Å². The lowest BCUT2D eigenvalue weighted by Crippen LogP contribution is -2.15. The van der Waals surface area contributed by atoms with Crippen molar-refractivity contribution in [3.63, 3.8) is 0 Å². The zero-order valence-electron chi connectivity index (χ0n) is 15.3. The third-order valence-electron chi connectivity index (χ3n) is 4.24. The Hall–Kier alpha value is -3.66. The van der Waals surface area contributed by atoms with Crippen LogP contribution in [-0.4, -0.2) is 32.4 Å². The van der Waals surface area contributed by atoms with Crippen molar-refractivity contribution in [2.75, 3.05) is 0 Å². The monoisotopic (exact) mass is 431 g/mol. The number of carbonyl (C=O) groups excluding carboxylic acids is 2. The highest BCUT2D eigenvalue weighted by atomic mass is 35.5. The van der Waals surface area contributed by atoms with Crippen molar-refractivity contribution >= 4 is 29.2 Å². The number of carbonyl (C=O) groups is 2. The third-order valence-corrected chi connectivity index (χ3v) is 4.47. The van der Waals surface area contributed by atoms with Gasteiger partial charge in [-0.3, -0.25) is 9.59 Å². The maximum atomic E-state index is 14.6. The van der Waals surface area contributed by atoms with E-state index < -0.39 is 35.3 Å². The maximum absolute atomic E-state index is 14.6. The number of fused-ring (bicyclic) bond motifs is 3. The minimum Gasteiger partial charge on any atom is -0.432 e. The van der Waals surface area contributed by atoms with Crippen molar-refractivity contribution < 1.29 is 23.1 Å². The molecule has 0 aliphatic carbocycles. The first-order valence-corrected chi connectivity index (χ1v) is 8.90. The molecule has 1 aliphatic rings. The van der Waals surface area contributed by atoms with Crippen LogP contribution in [-0.2, 0) is 9.53 Å². The lowest BCUT2D eigenvalue weighted by Gasteiger charge is -2.13. The summed E-state index contributed by atoms with van der Waals surface area (Å²) in [6.07, 6.45) is -1.46. The molecule has 11 heteroatoms. The van der Waals surface area contributed by atoms with Gasteiger partial charge in [-0.05, 0) is 30.3 Å². The van der Waals surface area contributed by atoms with Crippen LogP contribution >= 0.6 is 11.6 Å². The van der Waals surface area contributed by atoms with Crippen LogP contribution in [0.2, 0.25) is 5.02 Å². The lowest BCUT2D eigenvalue weighted by atomic mass is 9.99. The highest BCUT2D eigenvalue weighted by Crippen LogP contribution is 2.33. The molecule has 3 aromatic rings. The summed E-state index contributed by atoms with van der Waals surface area (Å²) >= 11 is 6.12. The molecule has 0 fully saturated rings.